The van der Waals surface area contributed by atoms with Gasteiger partial charge < -0.3 is 9.64 Å². The number of carbonyl (C=O) groups excluding carboxylic acids is 1. The van der Waals surface area contributed by atoms with E-state index in [1.165, 1.54) is 6.20 Å². The van der Waals surface area contributed by atoms with Crippen LogP contribution in [0, 0.1) is 13.8 Å². The minimum Gasteiger partial charge on any atom is -0.435 e. The highest BCUT2D eigenvalue weighted by molar-refractivity contribution is 5.92. The Bertz CT molecular complexity index is 1010. The topological polar surface area (TPSA) is 94.0 Å². The van der Waals surface area contributed by atoms with Gasteiger partial charge in [-0.1, -0.05) is 0 Å². The van der Waals surface area contributed by atoms with Crippen molar-refractivity contribution in [3.63, 3.8) is 0 Å². The predicted molar refractivity (Wildman–Crippen MR) is 106 cm³/mol. The lowest BCUT2D eigenvalue weighted by Gasteiger charge is -2.32. The Hall–Kier alpha value is -3.42. The fourth-order valence-corrected chi connectivity index (χ4v) is 3.43. The van der Waals surface area contributed by atoms with Gasteiger partial charge in [0.2, 0.25) is 5.88 Å². The maximum Gasteiger partial charge on any atom is 0.274 e. The van der Waals surface area contributed by atoms with Crippen LogP contribution in [-0.4, -0.2) is 48.8 Å². The molecule has 0 spiro atoms. The molecule has 148 valence electrons. The molecular weight excluding hydrogens is 368 g/mol. The molecule has 3 aromatic heterocycles. The molecule has 8 heteroatoms. The summed E-state index contributed by atoms with van der Waals surface area (Å²) in [7, 11) is 0. The van der Waals surface area contributed by atoms with Gasteiger partial charge in [-0.05, 0) is 38.8 Å². The van der Waals surface area contributed by atoms with Crippen molar-refractivity contribution in [2.75, 3.05) is 13.1 Å². The maximum absolute atomic E-state index is 12.9. The van der Waals surface area contributed by atoms with E-state index in [1.807, 2.05) is 26.0 Å². The summed E-state index contributed by atoms with van der Waals surface area (Å²) in [5.41, 5.74) is 2.67. The number of aromatic nitrogens is 5. The summed E-state index contributed by atoms with van der Waals surface area (Å²) in [5.74, 6) is 1.02. The molecule has 0 bridgehead atoms. The van der Waals surface area contributed by atoms with Gasteiger partial charge in [0.15, 0.2) is 5.75 Å². The number of aryl methyl sites for hydroxylation is 2. The molecule has 8 nitrogen and oxygen atoms in total. The first-order valence-corrected chi connectivity index (χ1v) is 9.60. The van der Waals surface area contributed by atoms with Gasteiger partial charge in [-0.3, -0.25) is 19.7 Å². The molecular formula is C21H22N6O2. The fourth-order valence-electron chi connectivity index (χ4n) is 3.43. The number of likely N-dealkylation sites (tertiary alicyclic amines) is 1. The Morgan fingerprint density at radius 3 is 2.72 bits per heavy atom. The number of piperidine rings is 1. The van der Waals surface area contributed by atoms with Gasteiger partial charge in [-0.2, -0.15) is 0 Å². The number of pyridine rings is 1. The largest absolute Gasteiger partial charge is 0.435 e. The second-order valence-corrected chi connectivity index (χ2v) is 7.07. The van der Waals surface area contributed by atoms with E-state index >= 15 is 0 Å². The SMILES string of the molecule is Cc1cnc(C(=O)N2CCC[C@H](c3nccnc3Oc3cccnc3C)C2)cn1. The monoisotopic (exact) mass is 390 g/mol. The summed E-state index contributed by atoms with van der Waals surface area (Å²) in [4.78, 5) is 36.2. The van der Waals surface area contributed by atoms with Crippen LogP contribution in [0.3, 0.4) is 0 Å². The zero-order chi connectivity index (χ0) is 20.2. The lowest BCUT2D eigenvalue weighted by molar-refractivity contribution is 0.0698. The van der Waals surface area contributed by atoms with E-state index in [-0.39, 0.29) is 11.8 Å². The Balaban J connectivity index is 1.55. The fraction of sp³-hybridized carbons (Fsp3) is 0.333. The Kier molecular flexibility index (Phi) is 5.41. The summed E-state index contributed by atoms with van der Waals surface area (Å²) in [5, 5.41) is 0. The third-order valence-corrected chi connectivity index (χ3v) is 4.95. The van der Waals surface area contributed by atoms with E-state index in [4.69, 9.17) is 4.74 Å². The van der Waals surface area contributed by atoms with Crippen LogP contribution in [-0.2, 0) is 0 Å². The molecule has 0 N–H and O–H groups in total. The van der Waals surface area contributed by atoms with E-state index in [2.05, 4.69) is 24.9 Å². The van der Waals surface area contributed by atoms with Crippen molar-refractivity contribution in [1.82, 2.24) is 29.8 Å². The van der Waals surface area contributed by atoms with Crippen molar-refractivity contribution in [2.45, 2.75) is 32.6 Å². The van der Waals surface area contributed by atoms with Crippen molar-refractivity contribution in [3.05, 3.63) is 65.9 Å². The van der Waals surface area contributed by atoms with Gasteiger partial charge in [0, 0.05) is 43.8 Å². The Labute approximate surface area is 169 Å². The second kappa shape index (κ2) is 8.30. The van der Waals surface area contributed by atoms with Crippen LogP contribution >= 0.6 is 0 Å². The zero-order valence-electron chi connectivity index (χ0n) is 16.4. The van der Waals surface area contributed by atoms with E-state index in [0.717, 1.165) is 29.9 Å². The van der Waals surface area contributed by atoms with Gasteiger partial charge in [0.05, 0.1) is 17.6 Å². The maximum atomic E-state index is 12.9. The summed E-state index contributed by atoms with van der Waals surface area (Å²) in [6, 6.07) is 3.68. The number of hydrogen-bond acceptors (Lipinski definition) is 7. The zero-order valence-corrected chi connectivity index (χ0v) is 16.4. The van der Waals surface area contributed by atoms with Crippen molar-refractivity contribution in [1.29, 1.82) is 0 Å². The van der Waals surface area contributed by atoms with Crippen molar-refractivity contribution in [3.8, 4) is 11.6 Å². The molecule has 1 atom stereocenters. The number of ether oxygens (including phenoxy) is 1. The molecule has 1 amide bonds. The summed E-state index contributed by atoms with van der Waals surface area (Å²) >= 11 is 0. The quantitative estimate of drug-likeness (QED) is 0.675. The molecule has 0 radical (unpaired) electrons. The molecule has 4 rings (SSSR count). The highest BCUT2D eigenvalue weighted by Gasteiger charge is 2.29. The molecule has 0 saturated carbocycles. The number of carbonyl (C=O) groups is 1. The van der Waals surface area contributed by atoms with Gasteiger partial charge in [-0.25, -0.2) is 9.97 Å². The van der Waals surface area contributed by atoms with E-state index in [1.54, 1.807) is 29.7 Å². The first-order chi connectivity index (χ1) is 14.1. The van der Waals surface area contributed by atoms with Crippen LogP contribution in [0.25, 0.3) is 0 Å². The minimum absolute atomic E-state index is 0.0341. The molecule has 1 aliphatic rings. The van der Waals surface area contributed by atoms with Gasteiger partial charge in [-0.15, -0.1) is 0 Å². The molecule has 1 aliphatic heterocycles. The summed E-state index contributed by atoms with van der Waals surface area (Å²) < 4.78 is 6.03. The lowest BCUT2D eigenvalue weighted by atomic mass is 9.94. The first-order valence-electron chi connectivity index (χ1n) is 9.60. The number of rotatable bonds is 4. The smallest absolute Gasteiger partial charge is 0.274 e. The van der Waals surface area contributed by atoms with Gasteiger partial charge in [0.25, 0.3) is 5.91 Å². The third-order valence-electron chi connectivity index (χ3n) is 4.95. The molecule has 0 unspecified atom stereocenters. The van der Waals surface area contributed by atoms with Crippen molar-refractivity contribution in [2.24, 2.45) is 0 Å². The van der Waals surface area contributed by atoms with E-state index in [0.29, 0.717) is 30.4 Å². The molecule has 1 saturated heterocycles. The number of hydrogen-bond donors (Lipinski definition) is 0. The molecule has 4 heterocycles. The predicted octanol–water partition coefficient (Wildman–Crippen LogP) is 3.09. The van der Waals surface area contributed by atoms with Crippen LogP contribution in [0.15, 0.2) is 43.1 Å². The van der Waals surface area contributed by atoms with Gasteiger partial charge >= 0.3 is 0 Å². The Morgan fingerprint density at radius 1 is 1.07 bits per heavy atom. The summed E-state index contributed by atoms with van der Waals surface area (Å²) in [6.45, 7) is 4.95. The molecule has 3 aromatic rings. The van der Waals surface area contributed by atoms with Crippen LogP contribution in [0.2, 0.25) is 0 Å². The standard InChI is InChI=1S/C21H22N6O2/c1-14-11-26-17(12-25-14)21(28)27-10-4-5-16(13-27)19-20(24-9-8-23-19)29-18-6-3-7-22-15(18)2/h3,6-9,11-12,16H,4-5,10,13H2,1-2H3/t16-/m0/s1. The van der Waals surface area contributed by atoms with Crippen LogP contribution < -0.4 is 4.74 Å². The highest BCUT2D eigenvalue weighted by atomic mass is 16.5. The van der Waals surface area contributed by atoms with Crippen LogP contribution in [0.4, 0.5) is 0 Å². The average molecular weight is 390 g/mol. The van der Waals surface area contributed by atoms with Crippen LogP contribution in [0.5, 0.6) is 11.6 Å². The van der Waals surface area contributed by atoms with Gasteiger partial charge in [0.1, 0.15) is 11.4 Å². The first kappa shape index (κ1) is 18.9. The van der Waals surface area contributed by atoms with Crippen molar-refractivity contribution < 1.29 is 9.53 Å². The lowest BCUT2D eigenvalue weighted by Crippen LogP contribution is -2.39. The average Bonchev–Trinajstić information content (AvgIpc) is 2.76. The number of amides is 1. The van der Waals surface area contributed by atoms with E-state index < -0.39 is 0 Å². The van der Waals surface area contributed by atoms with E-state index in [9.17, 15) is 4.79 Å². The molecule has 1 fully saturated rings. The highest BCUT2D eigenvalue weighted by Crippen LogP contribution is 2.33. The molecule has 29 heavy (non-hydrogen) atoms. The molecule has 0 aromatic carbocycles. The summed E-state index contributed by atoms with van der Waals surface area (Å²) in [6.07, 6.45) is 9.91. The van der Waals surface area contributed by atoms with Crippen molar-refractivity contribution >= 4 is 5.91 Å². The minimum atomic E-state index is -0.114. The normalized spacial score (nSPS) is 16.5. The molecule has 0 aliphatic carbocycles. The number of nitrogens with zero attached hydrogens (tertiary/aromatic N) is 6. The van der Waals surface area contributed by atoms with Crippen LogP contribution in [0.1, 0.15) is 46.3 Å². The third kappa shape index (κ3) is 4.21. The Morgan fingerprint density at radius 2 is 1.93 bits per heavy atom. The second-order valence-electron chi connectivity index (χ2n) is 7.07.